The molecule has 1 aliphatic heterocycles. The van der Waals surface area contributed by atoms with Gasteiger partial charge >= 0.3 is 0 Å². The van der Waals surface area contributed by atoms with E-state index in [0.29, 0.717) is 24.1 Å². The Labute approximate surface area is 122 Å². The van der Waals surface area contributed by atoms with Crippen LogP contribution in [-0.4, -0.2) is 25.4 Å². The van der Waals surface area contributed by atoms with Gasteiger partial charge in [-0.3, -0.25) is 0 Å². The summed E-state index contributed by atoms with van der Waals surface area (Å²) in [6.45, 7) is 10.3. The Kier molecular flexibility index (Phi) is 5.44. The minimum atomic E-state index is 0.311. The second kappa shape index (κ2) is 7.09. The Balaban J connectivity index is 1.88. The Morgan fingerprint density at radius 2 is 1.95 bits per heavy atom. The largest absolute Gasteiger partial charge is 0.493 e. The maximum Gasteiger partial charge on any atom is 0.119 e. The molecule has 0 spiro atoms. The van der Waals surface area contributed by atoms with Crippen LogP contribution in [0.4, 0.5) is 0 Å². The molecule has 2 rings (SSSR count). The normalized spacial score (nSPS) is 24.1. The molecule has 0 aliphatic carbocycles. The van der Waals surface area contributed by atoms with E-state index >= 15 is 0 Å². The molecule has 3 atom stereocenters. The topological polar surface area (TPSA) is 30.5 Å². The number of rotatable bonds is 6. The summed E-state index contributed by atoms with van der Waals surface area (Å²) < 4.78 is 11.3. The van der Waals surface area contributed by atoms with Crippen molar-refractivity contribution in [2.24, 2.45) is 5.92 Å². The van der Waals surface area contributed by atoms with Crippen LogP contribution < -0.4 is 10.1 Å². The van der Waals surface area contributed by atoms with Crippen molar-refractivity contribution in [2.45, 2.75) is 52.3 Å². The SMILES string of the molecule is CC(C)COc1ccc(C(C)NC2CCOC2C)cc1. The second-order valence-electron chi connectivity index (χ2n) is 6.13. The van der Waals surface area contributed by atoms with E-state index in [9.17, 15) is 0 Å². The van der Waals surface area contributed by atoms with Gasteiger partial charge in [0.15, 0.2) is 0 Å². The summed E-state index contributed by atoms with van der Waals surface area (Å²) in [4.78, 5) is 0. The number of ether oxygens (including phenoxy) is 2. The maximum absolute atomic E-state index is 5.71. The van der Waals surface area contributed by atoms with Crippen LogP contribution >= 0.6 is 0 Å². The first kappa shape index (κ1) is 15.3. The molecule has 1 N–H and O–H groups in total. The Morgan fingerprint density at radius 3 is 2.50 bits per heavy atom. The van der Waals surface area contributed by atoms with E-state index in [-0.39, 0.29) is 0 Å². The van der Waals surface area contributed by atoms with Gasteiger partial charge in [0.25, 0.3) is 0 Å². The molecule has 3 heteroatoms. The molecule has 1 heterocycles. The molecule has 3 unspecified atom stereocenters. The average molecular weight is 277 g/mol. The zero-order chi connectivity index (χ0) is 14.5. The first-order chi connectivity index (χ1) is 9.56. The van der Waals surface area contributed by atoms with Crippen molar-refractivity contribution in [2.75, 3.05) is 13.2 Å². The standard InChI is InChI=1S/C17H27NO2/c1-12(2)11-20-16-7-5-15(6-8-16)13(3)18-17-9-10-19-14(17)4/h5-8,12-14,17-18H,9-11H2,1-4H3. The van der Waals surface area contributed by atoms with Crippen molar-refractivity contribution in [3.05, 3.63) is 29.8 Å². The quantitative estimate of drug-likeness (QED) is 0.862. The summed E-state index contributed by atoms with van der Waals surface area (Å²) in [7, 11) is 0. The van der Waals surface area contributed by atoms with E-state index in [4.69, 9.17) is 9.47 Å². The summed E-state index contributed by atoms with van der Waals surface area (Å²) in [5.74, 6) is 1.51. The molecule has 1 saturated heterocycles. The zero-order valence-electron chi connectivity index (χ0n) is 13.1. The lowest BCUT2D eigenvalue weighted by Gasteiger charge is -2.22. The zero-order valence-corrected chi connectivity index (χ0v) is 13.1. The van der Waals surface area contributed by atoms with Gasteiger partial charge in [-0.15, -0.1) is 0 Å². The minimum Gasteiger partial charge on any atom is -0.493 e. The molecule has 0 saturated carbocycles. The van der Waals surface area contributed by atoms with E-state index in [1.54, 1.807) is 0 Å². The van der Waals surface area contributed by atoms with Gasteiger partial charge in [-0.1, -0.05) is 26.0 Å². The summed E-state index contributed by atoms with van der Waals surface area (Å²) in [6, 6.07) is 9.21. The lowest BCUT2D eigenvalue weighted by atomic mass is 10.1. The van der Waals surface area contributed by atoms with Gasteiger partial charge in [-0.2, -0.15) is 0 Å². The van der Waals surface area contributed by atoms with Crippen LogP contribution in [0.3, 0.4) is 0 Å². The van der Waals surface area contributed by atoms with E-state index in [1.807, 2.05) is 0 Å². The predicted octanol–water partition coefficient (Wildman–Crippen LogP) is 3.55. The lowest BCUT2D eigenvalue weighted by Crippen LogP contribution is -2.36. The predicted molar refractivity (Wildman–Crippen MR) is 82.1 cm³/mol. The Bertz CT molecular complexity index is 402. The van der Waals surface area contributed by atoms with Gasteiger partial charge < -0.3 is 14.8 Å². The summed E-state index contributed by atoms with van der Waals surface area (Å²) >= 11 is 0. The van der Waals surface area contributed by atoms with Crippen LogP contribution in [0.5, 0.6) is 5.75 Å². The molecule has 20 heavy (non-hydrogen) atoms. The molecule has 1 aromatic rings. The van der Waals surface area contributed by atoms with Gasteiger partial charge in [0.2, 0.25) is 0 Å². The molecule has 0 bridgehead atoms. The third-order valence-electron chi connectivity index (χ3n) is 3.80. The van der Waals surface area contributed by atoms with Gasteiger partial charge in [0.1, 0.15) is 5.75 Å². The van der Waals surface area contributed by atoms with E-state index in [1.165, 1.54) is 5.56 Å². The Morgan fingerprint density at radius 1 is 1.25 bits per heavy atom. The number of benzene rings is 1. The van der Waals surface area contributed by atoms with Crippen molar-refractivity contribution in [1.29, 1.82) is 0 Å². The van der Waals surface area contributed by atoms with Crippen molar-refractivity contribution < 1.29 is 9.47 Å². The van der Waals surface area contributed by atoms with Crippen LogP contribution in [0, 0.1) is 5.92 Å². The average Bonchev–Trinajstić information content (AvgIpc) is 2.82. The van der Waals surface area contributed by atoms with Crippen LogP contribution in [0.2, 0.25) is 0 Å². The first-order valence-corrected chi connectivity index (χ1v) is 7.66. The van der Waals surface area contributed by atoms with Crippen LogP contribution in [-0.2, 0) is 4.74 Å². The monoisotopic (exact) mass is 277 g/mol. The molecule has 1 aromatic carbocycles. The van der Waals surface area contributed by atoms with Crippen LogP contribution in [0.1, 0.15) is 45.7 Å². The van der Waals surface area contributed by atoms with Gasteiger partial charge in [-0.05, 0) is 43.9 Å². The third kappa shape index (κ3) is 4.22. The van der Waals surface area contributed by atoms with Crippen molar-refractivity contribution >= 4 is 0 Å². The summed E-state index contributed by atoms with van der Waals surface area (Å²) in [6.07, 6.45) is 1.41. The highest BCUT2D eigenvalue weighted by Gasteiger charge is 2.25. The fourth-order valence-corrected chi connectivity index (χ4v) is 2.48. The third-order valence-corrected chi connectivity index (χ3v) is 3.80. The molecule has 1 aliphatic rings. The van der Waals surface area contributed by atoms with Crippen LogP contribution in [0.25, 0.3) is 0 Å². The van der Waals surface area contributed by atoms with Gasteiger partial charge in [-0.25, -0.2) is 0 Å². The van der Waals surface area contributed by atoms with Crippen molar-refractivity contribution in [3.63, 3.8) is 0 Å². The highest BCUT2D eigenvalue weighted by atomic mass is 16.5. The van der Waals surface area contributed by atoms with E-state index in [0.717, 1.165) is 25.4 Å². The minimum absolute atomic E-state index is 0.311. The molecule has 0 amide bonds. The summed E-state index contributed by atoms with van der Waals surface area (Å²) in [5, 5.41) is 3.65. The van der Waals surface area contributed by atoms with E-state index < -0.39 is 0 Å². The fraction of sp³-hybridized carbons (Fsp3) is 0.647. The van der Waals surface area contributed by atoms with Crippen LogP contribution in [0.15, 0.2) is 24.3 Å². The molecular formula is C17H27NO2. The fourth-order valence-electron chi connectivity index (χ4n) is 2.48. The highest BCUT2D eigenvalue weighted by Crippen LogP contribution is 2.21. The molecule has 0 radical (unpaired) electrons. The summed E-state index contributed by atoms with van der Waals surface area (Å²) in [5.41, 5.74) is 1.29. The van der Waals surface area contributed by atoms with E-state index in [2.05, 4.69) is 57.3 Å². The maximum atomic E-state index is 5.71. The highest BCUT2D eigenvalue weighted by molar-refractivity contribution is 5.29. The molecule has 0 aromatic heterocycles. The molecular weight excluding hydrogens is 250 g/mol. The smallest absolute Gasteiger partial charge is 0.119 e. The van der Waals surface area contributed by atoms with Gasteiger partial charge in [0.05, 0.1) is 12.7 Å². The van der Waals surface area contributed by atoms with Crippen molar-refractivity contribution in [1.82, 2.24) is 5.32 Å². The molecule has 112 valence electrons. The number of hydrogen-bond acceptors (Lipinski definition) is 3. The first-order valence-electron chi connectivity index (χ1n) is 7.66. The number of nitrogens with one attached hydrogen (secondary N) is 1. The molecule has 1 fully saturated rings. The lowest BCUT2D eigenvalue weighted by molar-refractivity contribution is 0.111. The number of hydrogen-bond donors (Lipinski definition) is 1. The second-order valence-corrected chi connectivity index (χ2v) is 6.13. The Hall–Kier alpha value is -1.06. The van der Waals surface area contributed by atoms with Crippen molar-refractivity contribution in [3.8, 4) is 5.75 Å². The molecule has 3 nitrogen and oxygen atoms in total. The van der Waals surface area contributed by atoms with Gasteiger partial charge in [0, 0.05) is 18.7 Å².